The number of likely N-dealkylation sites (N-methyl/N-ethyl adjacent to an activating group) is 1. The van der Waals surface area contributed by atoms with Gasteiger partial charge in [0, 0.05) is 29.1 Å². The largest absolute Gasteiger partial charge is 0.436 e. The lowest BCUT2D eigenvalue weighted by atomic mass is 9.95. The molecule has 7 heteroatoms. The van der Waals surface area contributed by atoms with Gasteiger partial charge in [0.15, 0.2) is 10.4 Å². The van der Waals surface area contributed by atoms with Crippen LogP contribution in [-0.2, 0) is 9.59 Å². The highest BCUT2D eigenvalue weighted by atomic mass is 32.1. The second-order valence-corrected chi connectivity index (χ2v) is 7.70. The van der Waals surface area contributed by atoms with Crippen molar-refractivity contribution in [3.63, 3.8) is 0 Å². The molecule has 148 valence electrons. The van der Waals surface area contributed by atoms with E-state index in [-0.39, 0.29) is 12.1 Å². The number of rotatable bonds is 4. The smallest absolute Gasteiger partial charge is 0.271 e. The average molecular weight is 415 g/mol. The number of hydrogen-bond acceptors (Lipinski definition) is 6. The van der Waals surface area contributed by atoms with Crippen LogP contribution in [0.15, 0.2) is 57.5 Å². The van der Waals surface area contributed by atoms with E-state index in [1.54, 1.807) is 26.0 Å². The van der Waals surface area contributed by atoms with Gasteiger partial charge in [-0.15, -0.1) is 11.3 Å². The maximum absolute atomic E-state index is 12.7. The fourth-order valence-corrected chi connectivity index (χ4v) is 4.11. The molecule has 2 aromatic heterocycles. The number of nitrogens with zero attached hydrogens (tertiary/aromatic N) is 3. The Morgan fingerprint density at radius 3 is 2.63 bits per heavy atom. The van der Waals surface area contributed by atoms with Crippen molar-refractivity contribution < 1.29 is 14.0 Å². The van der Waals surface area contributed by atoms with Gasteiger partial charge in [0.05, 0.1) is 0 Å². The Bertz CT molecular complexity index is 1250. The third-order valence-electron chi connectivity index (χ3n) is 4.77. The Morgan fingerprint density at radius 1 is 1.20 bits per heavy atom. The Balaban J connectivity index is 1.66. The van der Waals surface area contributed by atoms with Gasteiger partial charge in [-0.1, -0.05) is 30.3 Å². The number of nitriles is 1. The Kier molecular flexibility index (Phi) is 5.17. The lowest BCUT2D eigenvalue weighted by Crippen LogP contribution is -2.42. The molecule has 0 bridgehead atoms. The van der Waals surface area contributed by atoms with Gasteiger partial charge in [-0.25, -0.2) is 0 Å². The van der Waals surface area contributed by atoms with Crippen molar-refractivity contribution in [3.8, 4) is 6.07 Å². The third kappa shape index (κ3) is 3.49. The number of imide groups is 1. The molecule has 0 unspecified atom stereocenters. The minimum atomic E-state index is -0.545. The van der Waals surface area contributed by atoms with Crippen LogP contribution in [0.3, 0.4) is 0 Å². The number of carbonyl (C=O) groups excluding carboxylic acids is 2. The molecule has 3 heterocycles. The summed E-state index contributed by atoms with van der Waals surface area (Å²) in [6, 6.07) is 13.6. The molecule has 0 saturated heterocycles. The monoisotopic (exact) mass is 415 g/mol. The molecule has 0 atom stereocenters. The molecule has 4 rings (SSSR count). The lowest BCUT2D eigenvalue weighted by molar-refractivity contribution is -0.140. The molecular formula is C23H17N3O3S. The molecule has 2 amide bonds. The minimum absolute atomic E-state index is 0.00518. The van der Waals surface area contributed by atoms with Crippen LogP contribution in [-0.4, -0.2) is 28.2 Å². The lowest BCUT2D eigenvalue weighted by Gasteiger charge is -2.26. The summed E-state index contributed by atoms with van der Waals surface area (Å²) in [4.78, 5) is 32.0. The van der Waals surface area contributed by atoms with E-state index in [9.17, 15) is 14.9 Å². The molecule has 1 aliphatic rings. The molecule has 0 N–H and O–H groups in total. The van der Waals surface area contributed by atoms with Gasteiger partial charge in [-0.2, -0.15) is 10.2 Å². The van der Waals surface area contributed by atoms with Gasteiger partial charge < -0.3 is 4.42 Å². The summed E-state index contributed by atoms with van der Waals surface area (Å²) < 4.78 is 5.78. The number of amides is 2. The van der Waals surface area contributed by atoms with Crippen molar-refractivity contribution in [2.75, 3.05) is 6.54 Å². The molecule has 30 heavy (non-hydrogen) atoms. The number of oxazole rings is 1. The molecule has 0 fully saturated rings. The van der Waals surface area contributed by atoms with Crippen molar-refractivity contribution >= 4 is 51.8 Å². The van der Waals surface area contributed by atoms with Crippen LogP contribution in [0.1, 0.15) is 30.2 Å². The van der Waals surface area contributed by atoms with Gasteiger partial charge in [0.1, 0.15) is 11.6 Å². The van der Waals surface area contributed by atoms with Crippen LogP contribution in [0.25, 0.3) is 28.6 Å². The van der Waals surface area contributed by atoms with Crippen molar-refractivity contribution in [1.29, 1.82) is 5.26 Å². The minimum Gasteiger partial charge on any atom is -0.436 e. The molecule has 6 nitrogen and oxygen atoms in total. The van der Waals surface area contributed by atoms with Gasteiger partial charge >= 0.3 is 0 Å². The fourth-order valence-electron chi connectivity index (χ4n) is 3.20. The number of fused-ring (bicyclic) bond motifs is 1. The second kappa shape index (κ2) is 7.93. The number of aromatic nitrogens is 1. The Labute approximate surface area is 177 Å². The summed E-state index contributed by atoms with van der Waals surface area (Å²) in [5, 5.41) is 9.34. The molecule has 0 spiro atoms. The number of thiophene rings is 1. The summed E-state index contributed by atoms with van der Waals surface area (Å²) in [6.07, 6.45) is 5.42. The fraction of sp³-hybridized carbons (Fsp3) is 0.130. The first kappa shape index (κ1) is 19.6. The van der Waals surface area contributed by atoms with E-state index in [1.807, 2.05) is 48.6 Å². The average Bonchev–Trinajstić information content (AvgIpc) is 3.29. The predicted octanol–water partition coefficient (Wildman–Crippen LogP) is 4.67. The van der Waals surface area contributed by atoms with E-state index in [0.29, 0.717) is 27.5 Å². The number of hydrogen-bond donors (Lipinski definition) is 0. The SMILES string of the molecule is CCN1C(=O)C(C#N)=C(C)/C(=C/c2cc3oc(/C=C/c4ccccc4)nc3s2)C1=O. The Hall–Kier alpha value is -3.76. The van der Waals surface area contributed by atoms with Crippen molar-refractivity contribution in [1.82, 2.24) is 9.88 Å². The van der Waals surface area contributed by atoms with E-state index in [2.05, 4.69) is 4.98 Å². The van der Waals surface area contributed by atoms with Gasteiger partial charge in [-0.05, 0) is 37.1 Å². The van der Waals surface area contributed by atoms with Crippen molar-refractivity contribution in [2.45, 2.75) is 13.8 Å². The van der Waals surface area contributed by atoms with Crippen molar-refractivity contribution in [3.05, 3.63) is 69.4 Å². The van der Waals surface area contributed by atoms with Crippen LogP contribution in [0.4, 0.5) is 0 Å². The third-order valence-corrected chi connectivity index (χ3v) is 5.73. The number of carbonyl (C=O) groups is 2. The first-order chi connectivity index (χ1) is 14.5. The predicted molar refractivity (Wildman–Crippen MR) is 116 cm³/mol. The molecular weight excluding hydrogens is 398 g/mol. The zero-order chi connectivity index (χ0) is 21.3. The zero-order valence-corrected chi connectivity index (χ0v) is 17.2. The van der Waals surface area contributed by atoms with E-state index < -0.39 is 11.8 Å². The summed E-state index contributed by atoms with van der Waals surface area (Å²) in [5.41, 5.74) is 2.39. The van der Waals surface area contributed by atoms with Gasteiger partial charge in [-0.3, -0.25) is 14.5 Å². The summed E-state index contributed by atoms with van der Waals surface area (Å²) in [5.74, 6) is -0.446. The van der Waals surface area contributed by atoms with Gasteiger partial charge in [0.2, 0.25) is 5.89 Å². The van der Waals surface area contributed by atoms with E-state index in [4.69, 9.17) is 4.42 Å². The Morgan fingerprint density at radius 2 is 1.97 bits per heavy atom. The summed E-state index contributed by atoms with van der Waals surface area (Å²) in [7, 11) is 0. The van der Waals surface area contributed by atoms with Crippen molar-refractivity contribution in [2.24, 2.45) is 0 Å². The first-order valence-corrected chi connectivity index (χ1v) is 10.2. The normalized spacial score (nSPS) is 16.3. The first-order valence-electron chi connectivity index (χ1n) is 9.34. The molecule has 0 aliphatic carbocycles. The second-order valence-electron chi connectivity index (χ2n) is 6.64. The standard InChI is InChI=1S/C23H17N3O3S/c1-3-26-22(27)17(14(2)18(13-24)23(26)28)11-16-12-19-21(30-16)25-20(29-19)10-9-15-7-5-4-6-8-15/h4-12H,3H2,1-2H3/b10-9+,17-11-. The van der Waals surface area contributed by atoms with Crippen LogP contribution >= 0.6 is 11.3 Å². The van der Waals surface area contributed by atoms with E-state index in [1.165, 1.54) is 11.3 Å². The maximum atomic E-state index is 12.7. The quantitative estimate of drug-likeness (QED) is 0.456. The molecule has 1 aromatic carbocycles. The van der Waals surface area contributed by atoms with Crippen LogP contribution in [0.2, 0.25) is 0 Å². The number of benzene rings is 1. The van der Waals surface area contributed by atoms with Crippen LogP contribution in [0, 0.1) is 11.3 Å². The topological polar surface area (TPSA) is 87.2 Å². The molecule has 1 aliphatic heterocycles. The summed E-state index contributed by atoms with van der Waals surface area (Å²) in [6.45, 7) is 3.53. The highest BCUT2D eigenvalue weighted by Gasteiger charge is 2.34. The van der Waals surface area contributed by atoms with E-state index in [0.717, 1.165) is 15.3 Å². The molecule has 3 aromatic rings. The summed E-state index contributed by atoms with van der Waals surface area (Å²) >= 11 is 1.38. The van der Waals surface area contributed by atoms with E-state index >= 15 is 0 Å². The van der Waals surface area contributed by atoms with Crippen LogP contribution < -0.4 is 0 Å². The highest BCUT2D eigenvalue weighted by molar-refractivity contribution is 7.19. The van der Waals surface area contributed by atoms with Crippen LogP contribution in [0.5, 0.6) is 0 Å². The molecule has 0 radical (unpaired) electrons. The van der Waals surface area contributed by atoms with Gasteiger partial charge in [0.25, 0.3) is 11.8 Å². The molecule has 0 saturated carbocycles. The highest BCUT2D eigenvalue weighted by Crippen LogP contribution is 2.32. The maximum Gasteiger partial charge on any atom is 0.271 e. The zero-order valence-electron chi connectivity index (χ0n) is 16.4.